The van der Waals surface area contributed by atoms with Crippen molar-refractivity contribution in [3.05, 3.63) is 96.3 Å². The molecule has 2 heterocycles. The van der Waals surface area contributed by atoms with Crippen molar-refractivity contribution < 1.29 is 18.9 Å². The highest BCUT2D eigenvalue weighted by molar-refractivity contribution is 5.66. The summed E-state index contributed by atoms with van der Waals surface area (Å²) in [7, 11) is 1.63. The molecule has 2 aromatic heterocycles. The van der Waals surface area contributed by atoms with Crippen LogP contribution in [0.25, 0.3) is 11.3 Å². The Morgan fingerprint density at radius 1 is 0.964 bits per heavy atom. The van der Waals surface area contributed by atoms with Gasteiger partial charge in [0.2, 0.25) is 0 Å². The molecule has 0 bridgehead atoms. The van der Waals surface area contributed by atoms with E-state index in [1.54, 1.807) is 7.11 Å². The Morgan fingerprint density at radius 2 is 1.64 bits per heavy atom. The lowest BCUT2D eigenvalue weighted by Gasteiger charge is -2.19. The zero-order chi connectivity index (χ0) is 19.3. The number of rotatable bonds is 6. The number of pyridine rings is 1. The van der Waals surface area contributed by atoms with Crippen LogP contribution in [0.15, 0.2) is 89.7 Å². The van der Waals surface area contributed by atoms with E-state index in [9.17, 15) is 5.11 Å². The summed E-state index contributed by atoms with van der Waals surface area (Å²) in [5, 5.41) is 16.8. The molecular weight excluding hydrogens is 352 g/mol. The second kappa shape index (κ2) is 7.96. The van der Waals surface area contributed by atoms with Gasteiger partial charge in [-0.2, -0.15) is 5.16 Å². The molecule has 2 aromatic carbocycles. The van der Waals surface area contributed by atoms with Gasteiger partial charge in [-0.1, -0.05) is 54.6 Å². The van der Waals surface area contributed by atoms with Gasteiger partial charge in [0, 0.05) is 28.8 Å². The Bertz CT molecular complexity index is 1050. The molecule has 140 valence electrons. The van der Waals surface area contributed by atoms with Crippen molar-refractivity contribution in [2.75, 3.05) is 7.11 Å². The van der Waals surface area contributed by atoms with Gasteiger partial charge < -0.3 is 14.4 Å². The van der Waals surface area contributed by atoms with E-state index >= 15 is 0 Å². The lowest BCUT2D eigenvalue weighted by molar-refractivity contribution is -0.698. The molecule has 0 aliphatic carbocycles. The zero-order valence-electron chi connectivity index (χ0n) is 15.5. The summed E-state index contributed by atoms with van der Waals surface area (Å²) in [6.07, 6.45) is 3.95. The minimum absolute atomic E-state index is 0.280. The normalized spacial score (nSPS) is 11.9. The van der Waals surface area contributed by atoms with Crippen molar-refractivity contribution in [3.8, 4) is 23.0 Å². The standard InChI is InChI=1S/C23H20N2O3/c1-27-20-13-7-6-12-18(20)19(16-25-14-8-3-9-15-25)21-22(24-28-23(21)26)17-10-4-2-5-11-17/h2-15,19H,16H2,1H3. The van der Waals surface area contributed by atoms with E-state index < -0.39 is 5.95 Å². The Kier molecular flexibility index (Phi) is 5.06. The van der Waals surface area contributed by atoms with E-state index in [1.807, 2.05) is 89.8 Å². The number of hydrogen-bond donors (Lipinski definition) is 0. The fourth-order valence-electron chi connectivity index (χ4n) is 3.46. The van der Waals surface area contributed by atoms with Gasteiger partial charge in [-0.25, -0.2) is 4.57 Å². The molecule has 28 heavy (non-hydrogen) atoms. The summed E-state index contributed by atoms with van der Waals surface area (Å²) in [5.74, 6) is 0.0208. The van der Waals surface area contributed by atoms with Gasteiger partial charge in [-0.05, 0) is 6.07 Å². The first kappa shape index (κ1) is 17.8. The molecule has 5 heteroatoms. The van der Waals surface area contributed by atoms with Crippen molar-refractivity contribution in [3.63, 3.8) is 0 Å². The highest BCUT2D eigenvalue weighted by Gasteiger charge is 2.28. The van der Waals surface area contributed by atoms with Crippen LogP contribution in [-0.4, -0.2) is 12.3 Å². The van der Waals surface area contributed by atoms with Crippen molar-refractivity contribution in [2.24, 2.45) is 0 Å². The second-order valence-electron chi connectivity index (χ2n) is 6.47. The molecule has 0 spiro atoms. The maximum atomic E-state index is 12.7. The maximum absolute atomic E-state index is 12.7. The average molecular weight is 372 g/mol. The molecule has 0 saturated carbocycles. The molecule has 0 amide bonds. The van der Waals surface area contributed by atoms with Crippen LogP contribution in [-0.2, 0) is 6.54 Å². The predicted molar refractivity (Wildman–Crippen MR) is 103 cm³/mol. The number of ether oxygens (including phenoxy) is 1. The zero-order valence-corrected chi connectivity index (χ0v) is 15.5. The number of methoxy groups -OCH3 is 1. The van der Waals surface area contributed by atoms with Crippen molar-refractivity contribution >= 4 is 0 Å². The summed E-state index contributed by atoms with van der Waals surface area (Å²) in [6.45, 7) is 0.553. The highest BCUT2D eigenvalue weighted by Crippen LogP contribution is 2.40. The number of nitrogens with zero attached hydrogens (tertiary/aromatic N) is 2. The molecule has 0 N–H and O–H groups in total. The minimum atomic E-state index is -0.425. The minimum Gasteiger partial charge on any atom is -0.544 e. The SMILES string of the molecule is COc1ccccc1C(C[n+]1ccccc1)c1c(-c2ccccc2)noc1[O-]. The molecule has 0 radical (unpaired) electrons. The van der Waals surface area contributed by atoms with E-state index in [0.29, 0.717) is 17.8 Å². The van der Waals surface area contributed by atoms with Gasteiger partial charge in [0.15, 0.2) is 18.9 Å². The summed E-state index contributed by atoms with van der Waals surface area (Å²) >= 11 is 0. The molecule has 0 aliphatic heterocycles. The number of benzene rings is 2. The smallest absolute Gasteiger partial charge is 0.168 e. The molecule has 5 nitrogen and oxygen atoms in total. The van der Waals surface area contributed by atoms with Crippen LogP contribution in [0.1, 0.15) is 17.0 Å². The van der Waals surface area contributed by atoms with Crippen LogP contribution >= 0.6 is 0 Å². The first-order valence-corrected chi connectivity index (χ1v) is 9.07. The Labute approximate surface area is 163 Å². The number of hydrogen-bond acceptors (Lipinski definition) is 4. The van der Waals surface area contributed by atoms with Crippen molar-refractivity contribution in [1.82, 2.24) is 5.16 Å². The summed E-state index contributed by atoms with van der Waals surface area (Å²) < 4.78 is 12.7. The van der Waals surface area contributed by atoms with Crippen LogP contribution in [0.4, 0.5) is 0 Å². The first-order valence-electron chi connectivity index (χ1n) is 9.07. The molecule has 0 saturated heterocycles. The number of aromatic nitrogens is 2. The molecule has 4 aromatic rings. The molecule has 1 unspecified atom stereocenters. The summed E-state index contributed by atoms with van der Waals surface area (Å²) in [6, 6.07) is 23.2. The first-order chi connectivity index (χ1) is 13.8. The Morgan fingerprint density at radius 3 is 2.39 bits per heavy atom. The van der Waals surface area contributed by atoms with Gasteiger partial charge in [0.05, 0.1) is 24.7 Å². The molecule has 0 fully saturated rings. The van der Waals surface area contributed by atoms with Crippen LogP contribution in [0.2, 0.25) is 0 Å². The van der Waals surface area contributed by atoms with Crippen LogP contribution < -0.4 is 14.4 Å². The van der Waals surface area contributed by atoms with E-state index in [2.05, 4.69) is 5.16 Å². The van der Waals surface area contributed by atoms with Gasteiger partial charge in [0.1, 0.15) is 5.75 Å². The molecule has 4 rings (SSSR count). The van der Waals surface area contributed by atoms with E-state index in [4.69, 9.17) is 9.26 Å². The van der Waals surface area contributed by atoms with Gasteiger partial charge in [-0.3, -0.25) is 0 Å². The lowest BCUT2D eigenvalue weighted by atomic mass is 9.88. The third kappa shape index (κ3) is 3.47. The van der Waals surface area contributed by atoms with Crippen molar-refractivity contribution in [2.45, 2.75) is 12.5 Å². The monoisotopic (exact) mass is 372 g/mol. The van der Waals surface area contributed by atoms with Crippen molar-refractivity contribution in [1.29, 1.82) is 0 Å². The Balaban J connectivity index is 1.88. The van der Waals surface area contributed by atoms with Crippen LogP contribution in [0.5, 0.6) is 11.7 Å². The topological polar surface area (TPSA) is 62.2 Å². The molecule has 0 aliphatic rings. The van der Waals surface area contributed by atoms with Gasteiger partial charge in [-0.15, -0.1) is 0 Å². The van der Waals surface area contributed by atoms with E-state index in [1.165, 1.54) is 0 Å². The summed E-state index contributed by atoms with van der Waals surface area (Å²) in [4.78, 5) is 0. The van der Waals surface area contributed by atoms with E-state index in [0.717, 1.165) is 16.9 Å². The predicted octanol–water partition coefficient (Wildman–Crippen LogP) is 3.54. The highest BCUT2D eigenvalue weighted by atomic mass is 16.5. The van der Waals surface area contributed by atoms with E-state index in [-0.39, 0.29) is 5.92 Å². The number of para-hydroxylation sites is 1. The largest absolute Gasteiger partial charge is 0.544 e. The lowest BCUT2D eigenvalue weighted by Crippen LogP contribution is -2.36. The van der Waals surface area contributed by atoms with Crippen LogP contribution in [0, 0.1) is 0 Å². The Hall–Kier alpha value is -3.60. The fraction of sp³-hybridized carbons (Fsp3) is 0.130. The van der Waals surface area contributed by atoms with Gasteiger partial charge >= 0.3 is 0 Å². The third-order valence-corrected chi connectivity index (χ3v) is 4.78. The third-order valence-electron chi connectivity index (χ3n) is 4.78. The molecule has 1 atom stereocenters. The molecular formula is C23H20N2O3. The summed E-state index contributed by atoms with van der Waals surface area (Å²) in [5.41, 5.74) is 2.87. The quantitative estimate of drug-likeness (QED) is 0.486. The maximum Gasteiger partial charge on any atom is 0.168 e. The van der Waals surface area contributed by atoms with Gasteiger partial charge in [0.25, 0.3) is 0 Å². The second-order valence-corrected chi connectivity index (χ2v) is 6.47. The fourth-order valence-corrected chi connectivity index (χ4v) is 3.46. The van der Waals surface area contributed by atoms with Crippen LogP contribution in [0.3, 0.4) is 0 Å². The average Bonchev–Trinajstić information content (AvgIpc) is 3.14.